The van der Waals surface area contributed by atoms with Gasteiger partial charge in [-0.3, -0.25) is 9.59 Å². The first-order valence-corrected chi connectivity index (χ1v) is 4.47. The molecule has 0 aromatic heterocycles. The largest absolute Gasteiger partial charge is 0.325 e. The summed E-state index contributed by atoms with van der Waals surface area (Å²) in [6, 6.07) is 8.66. The van der Waals surface area contributed by atoms with Gasteiger partial charge in [0.25, 0.3) is 0 Å². The van der Waals surface area contributed by atoms with Gasteiger partial charge in [0, 0.05) is 5.69 Å². The van der Waals surface area contributed by atoms with Crippen LogP contribution in [0.15, 0.2) is 30.3 Å². The van der Waals surface area contributed by atoms with E-state index in [1.807, 2.05) is 0 Å². The third kappa shape index (κ3) is 3.02. The molecule has 4 heteroatoms. The Hall–Kier alpha value is -1.97. The van der Waals surface area contributed by atoms with Crippen molar-refractivity contribution in [3.63, 3.8) is 0 Å². The molecule has 15 heavy (non-hydrogen) atoms. The molecule has 0 aliphatic carbocycles. The van der Waals surface area contributed by atoms with Crippen molar-refractivity contribution in [3.05, 3.63) is 30.3 Å². The molecule has 0 aliphatic rings. The van der Waals surface area contributed by atoms with Crippen molar-refractivity contribution in [1.29, 1.82) is 0 Å². The monoisotopic (exact) mass is 205 g/mol. The summed E-state index contributed by atoms with van der Waals surface area (Å²) in [7, 11) is 0. The van der Waals surface area contributed by atoms with Crippen LogP contribution >= 0.6 is 0 Å². The predicted octanol–water partition coefficient (Wildman–Crippen LogP) is 1.03. The van der Waals surface area contributed by atoms with E-state index in [-0.39, 0.29) is 0 Å². The fraction of sp³-hybridized carbons (Fsp3) is 0.182. The van der Waals surface area contributed by atoms with E-state index in [4.69, 9.17) is 0 Å². The van der Waals surface area contributed by atoms with Crippen LogP contribution in [0.3, 0.4) is 0 Å². The second kappa shape index (κ2) is 5.05. The third-order valence-corrected chi connectivity index (χ3v) is 1.90. The molecule has 0 saturated carbocycles. The van der Waals surface area contributed by atoms with Crippen molar-refractivity contribution in [2.75, 3.05) is 5.32 Å². The van der Waals surface area contributed by atoms with Crippen molar-refractivity contribution in [2.45, 2.75) is 6.92 Å². The molecule has 4 nitrogen and oxygen atoms in total. The summed E-state index contributed by atoms with van der Waals surface area (Å²) in [6.07, 6.45) is 0.348. The molecule has 1 unspecified atom stereocenters. The number of para-hydroxylation sites is 1. The molecule has 0 radical (unpaired) electrons. The Morgan fingerprint density at radius 2 is 1.87 bits per heavy atom. The molecule has 1 amide bonds. The summed E-state index contributed by atoms with van der Waals surface area (Å²) < 4.78 is 0. The smallest absolute Gasteiger partial charge is 0.242 e. The van der Waals surface area contributed by atoms with Crippen molar-refractivity contribution >= 4 is 23.7 Å². The zero-order chi connectivity index (χ0) is 11.3. The Balaban J connectivity index is 2.71. The van der Waals surface area contributed by atoms with E-state index in [1.165, 1.54) is 6.92 Å². The second-order valence-electron chi connectivity index (χ2n) is 3.08. The predicted molar refractivity (Wildman–Crippen MR) is 55.3 cm³/mol. The van der Waals surface area contributed by atoms with Crippen molar-refractivity contribution in [1.82, 2.24) is 0 Å². The normalized spacial score (nSPS) is 11.5. The van der Waals surface area contributed by atoms with Gasteiger partial charge in [-0.15, -0.1) is 0 Å². The molecule has 1 rings (SSSR count). The maximum atomic E-state index is 11.4. The van der Waals surface area contributed by atoms with E-state index in [2.05, 4.69) is 5.32 Å². The highest BCUT2D eigenvalue weighted by Crippen LogP contribution is 2.07. The first-order chi connectivity index (χ1) is 7.15. The molecule has 0 aliphatic heterocycles. The summed E-state index contributed by atoms with van der Waals surface area (Å²) >= 11 is 0. The average molecular weight is 205 g/mol. The number of hydrogen-bond donors (Lipinski definition) is 1. The number of rotatable bonds is 4. The number of ketones is 1. The highest BCUT2D eigenvalue weighted by Gasteiger charge is 2.22. The Labute approximate surface area is 87.3 Å². The lowest BCUT2D eigenvalue weighted by Crippen LogP contribution is -2.29. The second-order valence-corrected chi connectivity index (χ2v) is 3.08. The van der Waals surface area contributed by atoms with Gasteiger partial charge >= 0.3 is 0 Å². The van der Waals surface area contributed by atoms with Crippen LogP contribution in [-0.2, 0) is 14.4 Å². The molecule has 78 valence electrons. The number of carbonyl (C=O) groups is 3. The zero-order valence-corrected chi connectivity index (χ0v) is 8.27. The minimum Gasteiger partial charge on any atom is -0.325 e. The molecule has 0 spiro atoms. The van der Waals surface area contributed by atoms with Gasteiger partial charge in [0.1, 0.15) is 12.1 Å². The quantitative estimate of drug-likeness (QED) is 0.589. The number of aldehydes is 1. The highest BCUT2D eigenvalue weighted by molar-refractivity contribution is 6.16. The van der Waals surface area contributed by atoms with Crippen molar-refractivity contribution < 1.29 is 14.4 Å². The van der Waals surface area contributed by atoms with Gasteiger partial charge in [0.15, 0.2) is 5.92 Å². The topological polar surface area (TPSA) is 63.2 Å². The third-order valence-electron chi connectivity index (χ3n) is 1.90. The molecular formula is C11H11NO3. The lowest BCUT2D eigenvalue weighted by molar-refractivity contribution is -0.133. The van der Waals surface area contributed by atoms with Crippen LogP contribution in [0.25, 0.3) is 0 Å². The molecule has 0 bridgehead atoms. The lowest BCUT2D eigenvalue weighted by Gasteiger charge is -2.07. The molecule has 0 heterocycles. The van der Waals surface area contributed by atoms with Gasteiger partial charge in [-0.1, -0.05) is 18.2 Å². The fourth-order valence-electron chi connectivity index (χ4n) is 1.08. The number of Topliss-reactive ketones (excluding diaryl/α,β-unsaturated/α-hetero) is 1. The maximum Gasteiger partial charge on any atom is 0.242 e. The first kappa shape index (κ1) is 11.1. The molecule has 0 fully saturated rings. The minimum absolute atomic E-state index is 0.348. The summed E-state index contributed by atoms with van der Waals surface area (Å²) in [6.45, 7) is 1.21. The van der Waals surface area contributed by atoms with Gasteiger partial charge in [-0.25, -0.2) is 0 Å². The van der Waals surface area contributed by atoms with Gasteiger partial charge in [0.2, 0.25) is 5.91 Å². The summed E-state index contributed by atoms with van der Waals surface area (Å²) in [5, 5.41) is 2.48. The van der Waals surface area contributed by atoms with Gasteiger partial charge in [0.05, 0.1) is 0 Å². The van der Waals surface area contributed by atoms with Crippen LogP contribution in [-0.4, -0.2) is 18.0 Å². The van der Waals surface area contributed by atoms with Crippen LogP contribution in [0, 0.1) is 5.92 Å². The van der Waals surface area contributed by atoms with E-state index >= 15 is 0 Å². The molecule has 1 atom stereocenters. The first-order valence-electron chi connectivity index (χ1n) is 4.47. The molecule has 0 saturated heterocycles. The van der Waals surface area contributed by atoms with Crippen LogP contribution in [0.4, 0.5) is 5.69 Å². The van der Waals surface area contributed by atoms with Crippen LogP contribution in [0.1, 0.15) is 6.92 Å². The van der Waals surface area contributed by atoms with Gasteiger partial charge in [-0.2, -0.15) is 0 Å². The number of carbonyl (C=O) groups excluding carboxylic acids is 3. The Kier molecular flexibility index (Phi) is 3.74. The van der Waals surface area contributed by atoms with E-state index in [0.717, 1.165) is 0 Å². The standard InChI is InChI=1S/C11H11NO3/c1-8(14)10(7-13)11(15)12-9-5-3-2-4-6-9/h2-7,10H,1H3,(H,12,15). The lowest BCUT2D eigenvalue weighted by atomic mass is 10.1. The highest BCUT2D eigenvalue weighted by atomic mass is 16.2. The van der Waals surface area contributed by atoms with Gasteiger partial charge < -0.3 is 10.1 Å². The van der Waals surface area contributed by atoms with Crippen molar-refractivity contribution in [3.8, 4) is 0 Å². The van der Waals surface area contributed by atoms with Crippen LogP contribution in [0.2, 0.25) is 0 Å². The van der Waals surface area contributed by atoms with Crippen molar-refractivity contribution in [2.24, 2.45) is 5.92 Å². The minimum atomic E-state index is -1.22. The van der Waals surface area contributed by atoms with Crippen LogP contribution < -0.4 is 5.32 Å². The number of amides is 1. The fourth-order valence-corrected chi connectivity index (χ4v) is 1.08. The molecule has 1 N–H and O–H groups in total. The Morgan fingerprint density at radius 3 is 2.33 bits per heavy atom. The van der Waals surface area contributed by atoms with Crippen LogP contribution in [0.5, 0.6) is 0 Å². The Morgan fingerprint density at radius 1 is 1.27 bits per heavy atom. The number of anilines is 1. The SMILES string of the molecule is CC(=O)C(C=O)C(=O)Nc1ccccc1. The van der Waals surface area contributed by atoms with E-state index in [0.29, 0.717) is 12.0 Å². The maximum absolute atomic E-state index is 11.4. The molecule has 1 aromatic rings. The summed E-state index contributed by atoms with van der Waals surface area (Å²) in [5.74, 6) is -2.27. The number of benzene rings is 1. The van der Waals surface area contributed by atoms with E-state index in [1.54, 1.807) is 30.3 Å². The van der Waals surface area contributed by atoms with Gasteiger partial charge in [-0.05, 0) is 19.1 Å². The molecule has 1 aromatic carbocycles. The summed E-state index contributed by atoms with van der Waals surface area (Å²) in [5.41, 5.74) is 0.565. The summed E-state index contributed by atoms with van der Waals surface area (Å²) in [4.78, 5) is 32.8. The van der Waals surface area contributed by atoms with E-state index in [9.17, 15) is 14.4 Å². The average Bonchev–Trinajstić information content (AvgIpc) is 2.19. The number of hydrogen-bond acceptors (Lipinski definition) is 3. The number of nitrogens with one attached hydrogen (secondary N) is 1. The zero-order valence-electron chi connectivity index (χ0n) is 8.27. The molecular weight excluding hydrogens is 194 g/mol. The van der Waals surface area contributed by atoms with E-state index < -0.39 is 17.6 Å². The Bertz CT molecular complexity index is 373.